The first-order valence-corrected chi connectivity index (χ1v) is 5.58. The molecule has 4 nitrogen and oxygen atoms in total. The highest BCUT2D eigenvalue weighted by Crippen LogP contribution is 2.24. The Balaban J connectivity index is 2.45. The SMILES string of the molecule is CC(C)=Nc1ccc(-c2cn[nH]c2C)nc1C. The number of aliphatic imine (C=N–C) groups is 1. The molecular formula is C13H16N4. The number of nitrogens with zero attached hydrogens (tertiary/aromatic N) is 3. The highest BCUT2D eigenvalue weighted by molar-refractivity contribution is 5.82. The summed E-state index contributed by atoms with van der Waals surface area (Å²) in [6.45, 7) is 7.92. The van der Waals surface area contributed by atoms with Crippen LogP contribution in [0.5, 0.6) is 0 Å². The van der Waals surface area contributed by atoms with Crippen molar-refractivity contribution in [2.24, 2.45) is 4.99 Å². The van der Waals surface area contributed by atoms with Crippen LogP contribution < -0.4 is 0 Å². The van der Waals surface area contributed by atoms with Gasteiger partial charge in [0, 0.05) is 17.0 Å². The fourth-order valence-electron chi connectivity index (χ4n) is 1.67. The fourth-order valence-corrected chi connectivity index (χ4v) is 1.67. The molecule has 4 heteroatoms. The number of aromatic amines is 1. The summed E-state index contributed by atoms with van der Waals surface area (Å²) < 4.78 is 0. The molecule has 0 bridgehead atoms. The van der Waals surface area contributed by atoms with E-state index < -0.39 is 0 Å². The Kier molecular flexibility index (Phi) is 3.04. The van der Waals surface area contributed by atoms with Crippen molar-refractivity contribution in [2.75, 3.05) is 0 Å². The van der Waals surface area contributed by atoms with Gasteiger partial charge in [-0.15, -0.1) is 0 Å². The second kappa shape index (κ2) is 4.49. The summed E-state index contributed by atoms with van der Waals surface area (Å²) >= 11 is 0. The van der Waals surface area contributed by atoms with Gasteiger partial charge >= 0.3 is 0 Å². The standard InChI is InChI=1S/C13H16N4/c1-8(2)15-12-5-6-13(16-10(12)4)11-7-14-17-9(11)3/h5-7H,1-4H3,(H,14,17). The van der Waals surface area contributed by atoms with E-state index in [-0.39, 0.29) is 0 Å². The first-order chi connectivity index (χ1) is 8.08. The lowest BCUT2D eigenvalue weighted by Gasteiger charge is -2.04. The molecule has 0 fully saturated rings. The van der Waals surface area contributed by atoms with Crippen LogP contribution in [0.15, 0.2) is 23.3 Å². The number of aromatic nitrogens is 3. The third-order valence-electron chi connectivity index (χ3n) is 2.51. The topological polar surface area (TPSA) is 53.9 Å². The summed E-state index contributed by atoms with van der Waals surface area (Å²) in [4.78, 5) is 9.00. The maximum atomic E-state index is 4.56. The van der Waals surface area contributed by atoms with Gasteiger partial charge in [-0.05, 0) is 39.8 Å². The van der Waals surface area contributed by atoms with Gasteiger partial charge in [0.2, 0.25) is 0 Å². The van der Waals surface area contributed by atoms with Crippen LogP contribution in [0.4, 0.5) is 5.69 Å². The molecule has 2 aromatic rings. The molecule has 88 valence electrons. The van der Waals surface area contributed by atoms with Crippen LogP contribution in [0, 0.1) is 13.8 Å². The molecular weight excluding hydrogens is 212 g/mol. The van der Waals surface area contributed by atoms with Crippen LogP contribution in [-0.4, -0.2) is 20.9 Å². The van der Waals surface area contributed by atoms with Gasteiger partial charge in [0.05, 0.1) is 23.3 Å². The van der Waals surface area contributed by atoms with Crippen molar-refractivity contribution in [1.29, 1.82) is 0 Å². The molecule has 0 radical (unpaired) electrons. The van der Waals surface area contributed by atoms with E-state index in [0.717, 1.165) is 34.0 Å². The van der Waals surface area contributed by atoms with Crippen molar-refractivity contribution in [1.82, 2.24) is 15.2 Å². The largest absolute Gasteiger partial charge is 0.282 e. The lowest BCUT2D eigenvalue weighted by molar-refractivity contribution is 1.05. The van der Waals surface area contributed by atoms with Gasteiger partial charge in [-0.1, -0.05) is 0 Å². The average Bonchev–Trinajstić information content (AvgIpc) is 2.67. The maximum Gasteiger partial charge on any atom is 0.0841 e. The van der Waals surface area contributed by atoms with Crippen LogP contribution >= 0.6 is 0 Å². The summed E-state index contributed by atoms with van der Waals surface area (Å²) in [5, 5.41) is 6.92. The maximum absolute atomic E-state index is 4.56. The molecule has 0 unspecified atom stereocenters. The molecule has 0 spiro atoms. The molecule has 0 aliphatic carbocycles. The van der Waals surface area contributed by atoms with Crippen molar-refractivity contribution in [2.45, 2.75) is 27.7 Å². The van der Waals surface area contributed by atoms with Gasteiger partial charge in [0.1, 0.15) is 0 Å². The number of hydrogen-bond acceptors (Lipinski definition) is 3. The number of pyridine rings is 1. The van der Waals surface area contributed by atoms with Gasteiger partial charge in [-0.25, -0.2) is 0 Å². The smallest absolute Gasteiger partial charge is 0.0841 e. The lowest BCUT2D eigenvalue weighted by Crippen LogP contribution is -1.89. The van der Waals surface area contributed by atoms with E-state index >= 15 is 0 Å². The Morgan fingerprint density at radius 2 is 2.00 bits per heavy atom. The molecule has 0 aliphatic rings. The molecule has 0 saturated carbocycles. The Morgan fingerprint density at radius 3 is 2.53 bits per heavy atom. The molecule has 0 aliphatic heterocycles. The molecule has 0 saturated heterocycles. The number of hydrogen-bond donors (Lipinski definition) is 1. The van der Waals surface area contributed by atoms with Crippen molar-refractivity contribution < 1.29 is 0 Å². The van der Waals surface area contributed by atoms with E-state index in [2.05, 4.69) is 20.2 Å². The predicted octanol–water partition coefficient (Wildman–Crippen LogP) is 3.20. The zero-order valence-corrected chi connectivity index (χ0v) is 10.6. The van der Waals surface area contributed by atoms with E-state index in [4.69, 9.17) is 0 Å². The van der Waals surface area contributed by atoms with Crippen molar-refractivity contribution in [3.8, 4) is 11.3 Å². The third kappa shape index (κ3) is 2.41. The van der Waals surface area contributed by atoms with E-state index in [1.165, 1.54) is 0 Å². The molecule has 0 amide bonds. The monoisotopic (exact) mass is 228 g/mol. The Hall–Kier alpha value is -1.97. The Bertz CT molecular complexity index is 563. The minimum absolute atomic E-state index is 0.926. The van der Waals surface area contributed by atoms with E-state index in [9.17, 15) is 0 Å². The van der Waals surface area contributed by atoms with Crippen molar-refractivity contribution in [3.63, 3.8) is 0 Å². The zero-order chi connectivity index (χ0) is 12.4. The van der Waals surface area contributed by atoms with Gasteiger partial charge in [-0.2, -0.15) is 5.10 Å². The molecule has 0 aromatic carbocycles. The summed E-state index contributed by atoms with van der Waals surface area (Å²) in [5.74, 6) is 0. The number of aryl methyl sites for hydroxylation is 2. The van der Waals surface area contributed by atoms with Crippen LogP contribution in [0.1, 0.15) is 25.2 Å². The molecule has 2 heterocycles. The normalized spacial score (nSPS) is 10.4. The average molecular weight is 228 g/mol. The second-order valence-electron chi connectivity index (χ2n) is 4.27. The van der Waals surface area contributed by atoms with E-state index in [1.54, 1.807) is 6.20 Å². The summed E-state index contributed by atoms with van der Waals surface area (Å²) in [5.41, 5.74) is 5.89. The minimum Gasteiger partial charge on any atom is -0.282 e. The minimum atomic E-state index is 0.926. The van der Waals surface area contributed by atoms with Crippen LogP contribution in [-0.2, 0) is 0 Å². The fraction of sp³-hybridized carbons (Fsp3) is 0.308. The number of rotatable bonds is 2. The number of nitrogens with one attached hydrogen (secondary N) is 1. The van der Waals surface area contributed by atoms with E-state index in [1.807, 2.05) is 39.8 Å². The highest BCUT2D eigenvalue weighted by atomic mass is 15.1. The van der Waals surface area contributed by atoms with Gasteiger partial charge in [-0.3, -0.25) is 15.1 Å². The second-order valence-corrected chi connectivity index (χ2v) is 4.27. The first-order valence-electron chi connectivity index (χ1n) is 5.58. The zero-order valence-electron chi connectivity index (χ0n) is 10.6. The molecule has 2 aromatic heterocycles. The number of H-pyrrole nitrogens is 1. The lowest BCUT2D eigenvalue weighted by atomic mass is 10.1. The molecule has 0 atom stereocenters. The van der Waals surface area contributed by atoms with Crippen LogP contribution in [0.25, 0.3) is 11.3 Å². The van der Waals surface area contributed by atoms with Gasteiger partial charge < -0.3 is 0 Å². The highest BCUT2D eigenvalue weighted by Gasteiger charge is 2.07. The predicted molar refractivity (Wildman–Crippen MR) is 69.7 cm³/mol. The van der Waals surface area contributed by atoms with Crippen molar-refractivity contribution in [3.05, 3.63) is 29.7 Å². The quantitative estimate of drug-likeness (QED) is 0.802. The Morgan fingerprint density at radius 1 is 1.24 bits per heavy atom. The summed E-state index contributed by atoms with van der Waals surface area (Å²) in [6.07, 6.45) is 1.80. The molecule has 2 rings (SSSR count). The summed E-state index contributed by atoms with van der Waals surface area (Å²) in [6, 6.07) is 3.98. The van der Waals surface area contributed by atoms with Gasteiger partial charge in [0.15, 0.2) is 0 Å². The Labute approximate surface area is 101 Å². The van der Waals surface area contributed by atoms with Crippen LogP contribution in [0.2, 0.25) is 0 Å². The molecule has 17 heavy (non-hydrogen) atoms. The van der Waals surface area contributed by atoms with Gasteiger partial charge in [0.25, 0.3) is 0 Å². The van der Waals surface area contributed by atoms with E-state index in [0.29, 0.717) is 0 Å². The third-order valence-corrected chi connectivity index (χ3v) is 2.51. The van der Waals surface area contributed by atoms with Crippen LogP contribution in [0.3, 0.4) is 0 Å². The molecule has 1 N–H and O–H groups in total. The summed E-state index contributed by atoms with van der Waals surface area (Å²) in [7, 11) is 0. The first kappa shape index (κ1) is 11.5. The van der Waals surface area contributed by atoms with Crippen molar-refractivity contribution >= 4 is 11.4 Å².